The molecule has 1 amide bonds. The van der Waals surface area contributed by atoms with E-state index in [1.165, 1.54) is 11.1 Å². The van der Waals surface area contributed by atoms with E-state index in [-0.39, 0.29) is 5.91 Å². The third kappa shape index (κ3) is 7.48. The monoisotopic (exact) mass is 389 g/mol. The molecule has 2 rings (SSSR count). The molecule has 1 heterocycles. The van der Waals surface area contributed by atoms with Crippen molar-refractivity contribution in [1.82, 2.24) is 20.4 Å². The highest BCUT2D eigenvalue weighted by atomic mass is 16.5. The van der Waals surface area contributed by atoms with Crippen molar-refractivity contribution in [3.05, 3.63) is 35.4 Å². The van der Waals surface area contributed by atoms with Crippen LogP contribution in [0.2, 0.25) is 0 Å². The number of carbonyl (C=O) groups excluding carboxylic acids is 1. The van der Waals surface area contributed by atoms with Crippen LogP contribution in [0.15, 0.2) is 29.3 Å². The first-order valence-corrected chi connectivity index (χ1v) is 10.1. The topological polar surface area (TPSA) is 69.2 Å². The minimum absolute atomic E-state index is 0.221. The van der Waals surface area contributed by atoms with E-state index in [0.717, 1.165) is 64.7 Å². The minimum atomic E-state index is 0.221. The SMILES string of the molecule is CN=C(NCCCC(=O)N1Cc2ccccc2C1)NCCN(C)CCCOC. The molecule has 7 nitrogen and oxygen atoms in total. The molecule has 0 spiro atoms. The van der Waals surface area contributed by atoms with Crippen LogP contribution in [-0.2, 0) is 22.6 Å². The predicted molar refractivity (Wildman–Crippen MR) is 113 cm³/mol. The van der Waals surface area contributed by atoms with Crippen LogP contribution in [0, 0.1) is 0 Å². The van der Waals surface area contributed by atoms with Crippen molar-refractivity contribution in [3.8, 4) is 0 Å². The number of likely N-dealkylation sites (N-methyl/N-ethyl adjacent to an activating group) is 1. The molecule has 0 bridgehead atoms. The largest absolute Gasteiger partial charge is 0.385 e. The van der Waals surface area contributed by atoms with E-state index in [1.807, 2.05) is 17.0 Å². The van der Waals surface area contributed by atoms with Crippen LogP contribution < -0.4 is 10.6 Å². The van der Waals surface area contributed by atoms with Gasteiger partial charge in [0.2, 0.25) is 5.91 Å². The van der Waals surface area contributed by atoms with Gasteiger partial charge in [-0.1, -0.05) is 24.3 Å². The van der Waals surface area contributed by atoms with Crippen LogP contribution in [0.1, 0.15) is 30.4 Å². The number of nitrogens with one attached hydrogen (secondary N) is 2. The maximum absolute atomic E-state index is 12.4. The van der Waals surface area contributed by atoms with E-state index in [4.69, 9.17) is 4.74 Å². The fraction of sp³-hybridized carbons (Fsp3) is 0.619. The summed E-state index contributed by atoms with van der Waals surface area (Å²) in [6.45, 7) is 5.79. The van der Waals surface area contributed by atoms with Crippen molar-refractivity contribution in [1.29, 1.82) is 0 Å². The van der Waals surface area contributed by atoms with Gasteiger partial charge < -0.3 is 25.2 Å². The van der Waals surface area contributed by atoms with Gasteiger partial charge in [0.05, 0.1) is 0 Å². The molecule has 1 aliphatic rings. The Morgan fingerprint density at radius 3 is 2.46 bits per heavy atom. The van der Waals surface area contributed by atoms with Crippen LogP contribution in [0.4, 0.5) is 0 Å². The second-order valence-corrected chi connectivity index (χ2v) is 7.20. The molecule has 0 fully saturated rings. The van der Waals surface area contributed by atoms with E-state index >= 15 is 0 Å². The first-order valence-electron chi connectivity index (χ1n) is 10.1. The fourth-order valence-corrected chi connectivity index (χ4v) is 3.29. The highest BCUT2D eigenvalue weighted by Gasteiger charge is 2.22. The summed E-state index contributed by atoms with van der Waals surface area (Å²) >= 11 is 0. The Morgan fingerprint density at radius 2 is 1.82 bits per heavy atom. The molecule has 1 aromatic rings. The lowest BCUT2D eigenvalue weighted by Crippen LogP contribution is -2.41. The lowest BCUT2D eigenvalue weighted by molar-refractivity contribution is -0.131. The summed E-state index contributed by atoms with van der Waals surface area (Å²) in [4.78, 5) is 20.9. The Bertz CT molecular complexity index is 610. The number of aliphatic imine (C=N–C) groups is 1. The number of methoxy groups -OCH3 is 1. The second kappa shape index (κ2) is 12.4. The van der Waals surface area contributed by atoms with E-state index in [1.54, 1.807) is 14.2 Å². The molecular weight excluding hydrogens is 354 g/mol. The molecule has 0 radical (unpaired) electrons. The number of hydrogen-bond acceptors (Lipinski definition) is 4. The van der Waals surface area contributed by atoms with Crippen molar-refractivity contribution < 1.29 is 9.53 Å². The first-order chi connectivity index (χ1) is 13.6. The van der Waals surface area contributed by atoms with Crippen LogP contribution in [0.5, 0.6) is 0 Å². The van der Waals surface area contributed by atoms with E-state index in [2.05, 4.69) is 39.7 Å². The van der Waals surface area contributed by atoms with Gasteiger partial charge in [0.1, 0.15) is 0 Å². The molecule has 1 aliphatic heterocycles. The fourth-order valence-electron chi connectivity index (χ4n) is 3.29. The van der Waals surface area contributed by atoms with Gasteiger partial charge in [0.15, 0.2) is 5.96 Å². The Kier molecular flexibility index (Phi) is 9.79. The molecule has 7 heteroatoms. The minimum Gasteiger partial charge on any atom is -0.385 e. The van der Waals surface area contributed by atoms with Gasteiger partial charge in [-0.2, -0.15) is 0 Å². The standard InChI is InChI=1S/C21H35N5O2/c1-22-21(24-12-14-25(2)13-7-15-28-3)23-11-6-10-20(27)26-16-18-8-4-5-9-19(18)17-26/h4-5,8-9H,6-7,10-17H2,1-3H3,(H2,22,23,24). The second-order valence-electron chi connectivity index (χ2n) is 7.20. The Labute approximate surface area is 169 Å². The Hall–Kier alpha value is -2.12. The lowest BCUT2D eigenvalue weighted by Gasteiger charge is -2.18. The zero-order valence-electron chi connectivity index (χ0n) is 17.5. The first kappa shape index (κ1) is 22.2. The van der Waals surface area contributed by atoms with Crippen molar-refractivity contribution in [2.45, 2.75) is 32.4 Å². The smallest absolute Gasteiger partial charge is 0.223 e. The Balaban J connectivity index is 1.56. The maximum atomic E-state index is 12.4. The van der Waals surface area contributed by atoms with Gasteiger partial charge in [0.25, 0.3) is 0 Å². The van der Waals surface area contributed by atoms with Crippen LogP contribution >= 0.6 is 0 Å². The summed E-state index contributed by atoms with van der Waals surface area (Å²) in [5.41, 5.74) is 2.54. The predicted octanol–water partition coefficient (Wildman–Crippen LogP) is 1.44. The molecule has 0 atom stereocenters. The van der Waals surface area contributed by atoms with Gasteiger partial charge in [-0.05, 0) is 31.0 Å². The number of amides is 1. The molecule has 0 saturated carbocycles. The average molecular weight is 390 g/mol. The lowest BCUT2D eigenvalue weighted by atomic mass is 10.1. The van der Waals surface area contributed by atoms with Crippen LogP contribution in [0.3, 0.4) is 0 Å². The summed E-state index contributed by atoms with van der Waals surface area (Å²) in [6, 6.07) is 8.28. The van der Waals surface area contributed by atoms with E-state index in [0.29, 0.717) is 6.42 Å². The maximum Gasteiger partial charge on any atom is 0.223 e. The number of nitrogens with zero attached hydrogens (tertiary/aromatic N) is 3. The normalized spacial score (nSPS) is 13.7. The third-order valence-electron chi connectivity index (χ3n) is 4.95. The van der Waals surface area contributed by atoms with E-state index in [9.17, 15) is 4.79 Å². The number of guanidine groups is 1. The number of ether oxygens (including phenoxy) is 1. The molecule has 0 saturated heterocycles. The Morgan fingerprint density at radius 1 is 1.14 bits per heavy atom. The van der Waals surface area contributed by atoms with E-state index < -0.39 is 0 Å². The van der Waals surface area contributed by atoms with Crippen LogP contribution in [0.25, 0.3) is 0 Å². The quantitative estimate of drug-likeness (QED) is 0.341. The summed E-state index contributed by atoms with van der Waals surface area (Å²) in [5.74, 6) is 1.00. The molecular formula is C21H35N5O2. The van der Waals surface area contributed by atoms with Crippen molar-refractivity contribution in [2.24, 2.45) is 4.99 Å². The highest BCUT2D eigenvalue weighted by molar-refractivity contribution is 5.80. The molecule has 2 N–H and O–H groups in total. The van der Waals surface area contributed by atoms with Crippen molar-refractivity contribution >= 4 is 11.9 Å². The number of benzene rings is 1. The number of fused-ring (bicyclic) bond motifs is 1. The number of rotatable bonds is 11. The molecule has 156 valence electrons. The molecule has 0 aliphatic carbocycles. The van der Waals surface area contributed by atoms with Crippen LogP contribution in [-0.4, -0.2) is 75.7 Å². The number of carbonyl (C=O) groups is 1. The zero-order valence-corrected chi connectivity index (χ0v) is 17.5. The summed E-state index contributed by atoms with van der Waals surface area (Å²) in [6.07, 6.45) is 2.39. The molecule has 1 aromatic carbocycles. The molecule has 28 heavy (non-hydrogen) atoms. The molecule has 0 aromatic heterocycles. The average Bonchev–Trinajstić information content (AvgIpc) is 3.14. The summed E-state index contributed by atoms with van der Waals surface area (Å²) in [5, 5.41) is 6.60. The van der Waals surface area contributed by atoms with Gasteiger partial charge in [0, 0.05) is 66.5 Å². The van der Waals surface area contributed by atoms with Gasteiger partial charge in [-0.25, -0.2) is 0 Å². The van der Waals surface area contributed by atoms with Crippen molar-refractivity contribution in [3.63, 3.8) is 0 Å². The van der Waals surface area contributed by atoms with Gasteiger partial charge in [-0.3, -0.25) is 9.79 Å². The van der Waals surface area contributed by atoms with Gasteiger partial charge in [-0.15, -0.1) is 0 Å². The van der Waals surface area contributed by atoms with Gasteiger partial charge >= 0.3 is 0 Å². The highest BCUT2D eigenvalue weighted by Crippen LogP contribution is 2.22. The number of hydrogen-bond donors (Lipinski definition) is 2. The molecule has 0 unspecified atom stereocenters. The summed E-state index contributed by atoms with van der Waals surface area (Å²) < 4.78 is 5.07. The van der Waals surface area contributed by atoms with Crippen molar-refractivity contribution in [2.75, 3.05) is 54.0 Å². The third-order valence-corrected chi connectivity index (χ3v) is 4.95. The zero-order chi connectivity index (χ0) is 20.2. The summed E-state index contributed by atoms with van der Waals surface area (Å²) in [7, 11) is 5.61.